The summed E-state index contributed by atoms with van der Waals surface area (Å²) in [5.41, 5.74) is 10.7. The summed E-state index contributed by atoms with van der Waals surface area (Å²) in [6, 6.07) is 16.1. The Morgan fingerprint density at radius 3 is 2.50 bits per heavy atom. The van der Waals surface area contributed by atoms with Gasteiger partial charge in [0, 0.05) is 25.7 Å². The molecule has 0 atom stereocenters. The zero-order chi connectivity index (χ0) is 22.4. The van der Waals surface area contributed by atoms with Gasteiger partial charge >= 0.3 is 5.69 Å². The van der Waals surface area contributed by atoms with Crippen LogP contribution in [-0.4, -0.2) is 31.4 Å². The second kappa shape index (κ2) is 7.80. The number of aromatic nitrogens is 4. The van der Waals surface area contributed by atoms with E-state index in [4.69, 9.17) is 10.8 Å². The van der Waals surface area contributed by atoms with Crippen LogP contribution in [0.5, 0.6) is 0 Å². The highest BCUT2D eigenvalue weighted by molar-refractivity contribution is 6.00. The van der Waals surface area contributed by atoms with Crippen LogP contribution in [-0.2, 0) is 18.9 Å². The average Bonchev–Trinajstić information content (AvgIpc) is 3.22. The van der Waals surface area contributed by atoms with E-state index in [1.807, 2.05) is 60.1 Å². The largest absolute Gasteiger partial charge is 0.329 e. The summed E-state index contributed by atoms with van der Waals surface area (Å²) < 4.78 is 5.28. The number of carbonyl (C=O) groups is 1. The minimum absolute atomic E-state index is 0.00739. The van der Waals surface area contributed by atoms with E-state index >= 15 is 0 Å². The van der Waals surface area contributed by atoms with Crippen molar-refractivity contribution in [3.63, 3.8) is 0 Å². The standard InChI is InChI=1S/C24H26N6O2/c1-28-19-13-16(11-12-18(19)30(24(28)32)17-9-6-10-17)21-22(15-7-4-3-5-8-15)27-29(2)23(21)26-20(31)14-25/h3-5,7-8,11-13,17H,6,9-10,14,25H2,1-2H3,(H,26,31). The molecule has 1 aliphatic carbocycles. The number of rotatable bonds is 5. The van der Waals surface area contributed by atoms with E-state index < -0.39 is 0 Å². The predicted molar refractivity (Wildman–Crippen MR) is 125 cm³/mol. The molecule has 0 saturated heterocycles. The molecule has 0 aliphatic heterocycles. The Bertz CT molecular complexity index is 1380. The molecule has 2 heterocycles. The molecule has 4 aromatic rings. The predicted octanol–water partition coefficient (Wildman–Crippen LogP) is 3.03. The van der Waals surface area contributed by atoms with E-state index in [2.05, 4.69) is 5.32 Å². The van der Waals surface area contributed by atoms with Gasteiger partial charge in [-0.15, -0.1) is 0 Å². The van der Waals surface area contributed by atoms with Crippen LogP contribution in [0.2, 0.25) is 0 Å². The number of hydrogen-bond acceptors (Lipinski definition) is 4. The summed E-state index contributed by atoms with van der Waals surface area (Å²) in [4.78, 5) is 25.1. The SMILES string of the molecule is Cn1nc(-c2ccccc2)c(-c2ccc3c(c2)n(C)c(=O)n3C2CCC2)c1NC(=O)CN. The molecule has 0 bridgehead atoms. The van der Waals surface area contributed by atoms with Gasteiger partial charge in [-0.05, 0) is 37.0 Å². The summed E-state index contributed by atoms with van der Waals surface area (Å²) in [5, 5.41) is 7.60. The lowest BCUT2D eigenvalue weighted by molar-refractivity contribution is -0.114. The summed E-state index contributed by atoms with van der Waals surface area (Å²) >= 11 is 0. The van der Waals surface area contributed by atoms with E-state index in [9.17, 15) is 9.59 Å². The van der Waals surface area contributed by atoms with Gasteiger partial charge < -0.3 is 11.1 Å². The number of nitrogens with one attached hydrogen (secondary N) is 1. The minimum Gasteiger partial charge on any atom is -0.322 e. The monoisotopic (exact) mass is 430 g/mol. The molecule has 0 spiro atoms. The second-order valence-corrected chi connectivity index (χ2v) is 8.31. The van der Waals surface area contributed by atoms with Crippen LogP contribution in [0.4, 0.5) is 5.82 Å². The molecule has 3 N–H and O–H groups in total. The Balaban J connectivity index is 1.73. The maximum absolute atomic E-state index is 13.0. The van der Waals surface area contributed by atoms with Crippen LogP contribution < -0.4 is 16.7 Å². The van der Waals surface area contributed by atoms with Crippen molar-refractivity contribution in [3.05, 3.63) is 59.0 Å². The van der Waals surface area contributed by atoms with Crippen molar-refractivity contribution >= 4 is 22.8 Å². The number of imidazole rings is 1. The molecule has 1 saturated carbocycles. The molecule has 1 amide bonds. The van der Waals surface area contributed by atoms with E-state index in [0.717, 1.165) is 52.7 Å². The smallest absolute Gasteiger partial charge is 0.322 e. The Morgan fingerprint density at radius 2 is 1.84 bits per heavy atom. The van der Waals surface area contributed by atoms with Crippen molar-refractivity contribution in [1.82, 2.24) is 18.9 Å². The maximum Gasteiger partial charge on any atom is 0.329 e. The number of fused-ring (bicyclic) bond motifs is 1. The van der Waals surface area contributed by atoms with Gasteiger partial charge in [-0.25, -0.2) is 4.79 Å². The Hall–Kier alpha value is -3.65. The first-order chi connectivity index (χ1) is 15.5. The van der Waals surface area contributed by atoms with Crippen molar-refractivity contribution in [2.24, 2.45) is 19.8 Å². The normalized spacial score (nSPS) is 14.0. The zero-order valence-electron chi connectivity index (χ0n) is 18.2. The van der Waals surface area contributed by atoms with Gasteiger partial charge in [0.2, 0.25) is 5.91 Å². The topological polar surface area (TPSA) is 99.9 Å². The highest BCUT2D eigenvalue weighted by Gasteiger charge is 2.26. The molecule has 1 aliphatic rings. The third kappa shape index (κ3) is 3.15. The summed E-state index contributed by atoms with van der Waals surface area (Å²) in [7, 11) is 3.60. The fraction of sp³-hybridized carbons (Fsp3) is 0.292. The fourth-order valence-corrected chi connectivity index (χ4v) is 4.44. The maximum atomic E-state index is 13.0. The molecule has 2 aromatic heterocycles. The number of anilines is 1. The van der Waals surface area contributed by atoms with Crippen LogP contribution in [0.15, 0.2) is 53.3 Å². The fourth-order valence-electron chi connectivity index (χ4n) is 4.44. The van der Waals surface area contributed by atoms with Crippen molar-refractivity contribution in [2.75, 3.05) is 11.9 Å². The first kappa shape index (κ1) is 20.3. The number of nitrogens with zero attached hydrogens (tertiary/aromatic N) is 4. The van der Waals surface area contributed by atoms with E-state index in [1.165, 1.54) is 0 Å². The minimum atomic E-state index is -0.293. The lowest BCUT2D eigenvalue weighted by atomic mass is 9.92. The molecule has 0 radical (unpaired) electrons. The van der Waals surface area contributed by atoms with Gasteiger partial charge in [-0.3, -0.25) is 18.6 Å². The van der Waals surface area contributed by atoms with Crippen LogP contribution in [0, 0.1) is 0 Å². The molecule has 32 heavy (non-hydrogen) atoms. The van der Waals surface area contributed by atoms with Crippen molar-refractivity contribution in [3.8, 4) is 22.4 Å². The highest BCUT2D eigenvalue weighted by atomic mass is 16.2. The third-order valence-electron chi connectivity index (χ3n) is 6.36. The van der Waals surface area contributed by atoms with Crippen LogP contribution >= 0.6 is 0 Å². The lowest BCUT2D eigenvalue weighted by Gasteiger charge is -2.26. The van der Waals surface area contributed by atoms with Gasteiger partial charge in [-0.2, -0.15) is 5.10 Å². The number of amides is 1. The van der Waals surface area contributed by atoms with Gasteiger partial charge in [0.1, 0.15) is 11.5 Å². The number of aryl methyl sites for hydroxylation is 2. The third-order valence-corrected chi connectivity index (χ3v) is 6.36. The van der Waals surface area contributed by atoms with Crippen molar-refractivity contribution in [2.45, 2.75) is 25.3 Å². The lowest BCUT2D eigenvalue weighted by Crippen LogP contribution is -2.29. The van der Waals surface area contributed by atoms with E-state index in [0.29, 0.717) is 5.82 Å². The molecular formula is C24H26N6O2. The molecule has 0 unspecified atom stereocenters. The van der Waals surface area contributed by atoms with Crippen molar-refractivity contribution < 1.29 is 4.79 Å². The quantitative estimate of drug-likeness (QED) is 0.508. The first-order valence-corrected chi connectivity index (χ1v) is 10.8. The second-order valence-electron chi connectivity index (χ2n) is 8.31. The van der Waals surface area contributed by atoms with Crippen LogP contribution in [0.1, 0.15) is 25.3 Å². The van der Waals surface area contributed by atoms with E-state index in [-0.39, 0.29) is 24.2 Å². The molecule has 8 nitrogen and oxygen atoms in total. The van der Waals surface area contributed by atoms with Gasteiger partial charge in [0.05, 0.1) is 23.1 Å². The number of nitrogens with two attached hydrogens (primary N) is 1. The van der Waals surface area contributed by atoms with Gasteiger partial charge in [-0.1, -0.05) is 36.4 Å². The average molecular weight is 431 g/mol. The summed E-state index contributed by atoms with van der Waals surface area (Å²) in [5.74, 6) is 0.278. The Morgan fingerprint density at radius 1 is 1.09 bits per heavy atom. The number of benzene rings is 2. The van der Waals surface area contributed by atoms with Crippen LogP contribution in [0.25, 0.3) is 33.4 Å². The van der Waals surface area contributed by atoms with Crippen molar-refractivity contribution in [1.29, 1.82) is 0 Å². The molecule has 1 fully saturated rings. The van der Waals surface area contributed by atoms with E-state index in [1.54, 1.807) is 16.3 Å². The first-order valence-electron chi connectivity index (χ1n) is 10.8. The highest BCUT2D eigenvalue weighted by Crippen LogP contribution is 2.39. The summed E-state index contributed by atoms with van der Waals surface area (Å²) in [6.45, 7) is -0.122. The number of hydrogen-bond donors (Lipinski definition) is 2. The molecular weight excluding hydrogens is 404 g/mol. The number of carbonyl (C=O) groups excluding carboxylic acids is 1. The Kier molecular flexibility index (Phi) is 4.94. The Labute approximate surface area is 185 Å². The summed E-state index contributed by atoms with van der Waals surface area (Å²) in [6.07, 6.45) is 3.24. The molecule has 5 rings (SSSR count). The van der Waals surface area contributed by atoms with Gasteiger partial charge in [0.15, 0.2) is 0 Å². The molecule has 2 aromatic carbocycles. The van der Waals surface area contributed by atoms with Gasteiger partial charge in [0.25, 0.3) is 0 Å². The van der Waals surface area contributed by atoms with Crippen LogP contribution in [0.3, 0.4) is 0 Å². The molecule has 8 heteroatoms. The zero-order valence-corrected chi connectivity index (χ0v) is 18.2. The molecule has 164 valence electrons.